The molecule has 1 atom stereocenters. The number of halogens is 1. The molecule has 0 aliphatic carbocycles. The van der Waals surface area contributed by atoms with Gasteiger partial charge in [-0.2, -0.15) is 0 Å². The summed E-state index contributed by atoms with van der Waals surface area (Å²) in [6, 6.07) is 7.29. The Kier molecular flexibility index (Phi) is 4.12. The third kappa shape index (κ3) is 2.70. The fraction of sp³-hybridized carbons (Fsp3) is 0.364. The van der Waals surface area contributed by atoms with Crippen molar-refractivity contribution >= 4 is 17.5 Å². The standard InChI is InChI=1S/C11H15ClN2O/c1-14(2)11(15)9(7-13)8-5-3-4-6-10(8)12/h3-6,9H,7,13H2,1-2H3. The van der Waals surface area contributed by atoms with Gasteiger partial charge < -0.3 is 10.6 Å². The molecule has 0 radical (unpaired) electrons. The number of hydrogen-bond donors (Lipinski definition) is 1. The molecule has 2 N–H and O–H groups in total. The van der Waals surface area contributed by atoms with Gasteiger partial charge in [0, 0.05) is 25.7 Å². The molecule has 0 bridgehead atoms. The van der Waals surface area contributed by atoms with Crippen molar-refractivity contribution in [2.24, 2.45) is 5.73 Å². The van der Waals surface area contributed by atoms with Crippen molar-refractivity contribution in [2.45, 2.75) is 5.92 Å². The van der Waals surface area contributed by atoms with Crippen molar-refractivity contribution in [1.29, 1.82) is 0 Å². The van der Waals surface area contributed by atoms with E-state index in [1.165, 1.54) is 4.90 Å². The van der Waals surface area contributed by atoms with E-state index in [1.807, 2.05) is 18.2 Å². The summed E-state index contributed by atoms with van der Waals surface area (Å²) in [6.07, 6.45) is 0. The molecule has 4 heteroatoms. The van der Waals surface area contributed by atoms with Gasteiger partial charge >= 0.3 is 0 Å². The highest BCUT2D eigenvalue weighted by molar-refractivity contribution is 6.31. The molecule has 1 aromatic carbocycles. The second kappa shape index (κ2) is 5.14. The van der Waals surface area contributed by atoms with Crippen LogP contribution in [0.2, 0.25) is 5.02 Å². The number of carbonyl (C=O) groups excluding carboxylic acids is 1. The van der Waals surface area contributed by atoms with Gasteiger partial charge in [0.15, 0.2) is 0 Å². The van der Waals surface area contributed by atoms with Crippen LogP contribution in [0.4, 0.5) is 0 Å². The number of nitrogens with zero attached hydrogens (tertiary/aromatic N) is 1. The highest BCUT2D eigenvalue weighted by atomic mass is 35.5. The van der Waals surface area contributed by atoms with Crippen LogP contribution in [0.1, 0.15) is 11.5 Å². The lowest BCUT2D eigenvalue weighted by Gasteiger charge is -2.20. The van der Waals surface area contributed by atoms with Crippen LogP contribution >= 0.6 is 11.6 Å². The topological polar surface area (TPSA) is 46.3 Å². The molecule has 0 aliphatic rings. The average molecular weight is 227 g/mol. The molecule has 0 saturated heterocycles. The van der Waals surface area contributed by atoms with Gasteiger partial charge in [0.25, 0.3) is 0 Å². The van der Waals surface area contributed by atoms with Crippen molar-refractivity contribution in [1.82, 2.24) is 4.90 Å². The van der Waals surface area contributed by atoms with Crippen LogP contribution in [0.5, 0.6) is 0 Å². The van der Waals surface area contributed by atoms with Crippen molar-refractivity contribution in [3.05, 3.63) is 34.9 Å². The number of likely N-dealkylation sites (N-methyl/N-ethyl adjacent to an activating group) is 1. The van der Waals surface area contributed by atoms with Gasteiger partial charge in [-0.05, 0) is 11.6 Å². The Bertz CT molecular complexity index is 352. The zero-order valence-corrected chi connectivity index (χ0v) is 9.66. The number of benzene rings is 1. The number of hydrogen-bond acceptors (Lipinski definition) is 2. The van der Waals surface area contributed by atoms with E-state index in [4.69, 9.17) is 17.3 Å². The number of carbonyl (C=O) groups is 1. The molecule has 1 unspecified atom stereocenters. The first-order valence-corrected chi connectivity index (χ1v) is 5.11. The highest BCUT2D eigenvalue weighted by Crippen LogP contribution is 2.24. The van der Waals surface area contributed by atoms with E-state index in [2.05, 4.69) is 0 Å². The fourth-order valence-electron chi connectivity index (χ4n) is 1.43. The summed E-state index contributed by atoms with van der Waals surface area (Å²) in [5.74, 6) is -0.376. The van der Waals surface area contributed by atoms with E-state index in [-0.39, 0.29) is 18.4 Å². The first kappa shape index (κ1) is 12.0. The molecule has 3 nitrogen and oxygen atoms in total. The van der Waals surface area contributed by atoms with Gasteiger partial charge in [0.2, 0.25) is 5.91 Å². The smallest absolute Gasteiger partial charge is 0.230 e. The van der Waals surface area contributed by atoms with Crippen LogP contribution in [0.25, 0.3) is 0 Å². The van der Waals surface area contributed by atoms with Crippen LogP contribution < -0.4 is 5.73 Å². The molecule has 82 valence electrons. The van der Waals surface area contributed by atoms with E-state index < -0.39 is 0 Å². The molecule has 0 heterocycles. The van der Waals surface area contributed by atoms with E-state index in [9.17, 15) is 4.79 Å². The first-order valence-electron chi connectivity index (χ1n) is 4.73. The summed E-state index contributed by atoms with van der Waals surface area (Å²) in [5, 5.41) is 0.586. The molecule has 0 saturated carbocycles. The molecule has 0 fully saturated rings. The second-order valence-electron chi connectivity index (χ2n) is 3.54. The highest BCUT2D eigenvalue weighted by Gasteiger charge is 2.22. The number of rotatable bonds is 3. The fourth-order valence-corrected chi connectivity index (χ4v) is 1.70. The van der Waals surface area contributed by atoms with Crippen LogP contribution in [0, 0.1) is 0 Å². The van der Waals surface area contributed by atoms with E-state index in [0.717, 1.165) is 5.56 Å². The molecule has 0 aromatic heterocycles. The summed E-state index contributed by atoms with van der Waals surface area (Å²) in [7, 11) is 3.42. The Labute approximate surface area is 94.8 Å². The monoisotopic (exact) mass is 226 g/mol. The molecule has 1 aromatic rings. The van der Waals surface area contributed by atoms with Gasteiger partial charge in [-0.3, -0.25) is 4.79 Å². The predicted molar refractivity (Wildman–Crippen MR) is 61.9 cm³/mol. The van der Waals surface area contributed by atoms with Crippen LogP contribution in [-0.2, 0) is 4.79 Å². The molecular weight excluding hydrogens is 212 g/mol. The zero-order valence-electron chi connectivity index (χ0n) is 8.90. The lowest BCUT2D eigenvalue weighted by molar-refractivity contribution is -0.130. The minimum atomic E-state index is -0.353. The van der Waals surface area contributed by atoms with Gasteiger partial charge in [-0.25, -0.2) is 0 Å². The molecular formula is C11H15ClN2O. The molecule has 1 amide bonds. The van der Waals surface area contributed by atoms with Crippen LogP contribution in [-0.4, -0.2) is 31.4 Å². The normalized spacial score (nSPS) is 12.3. The molecule has 0 aliphatic heterocycles. The zero-order chi connectivity index (χ0) is 11.4. The quantitative estimate of drug-likeness (QED) is 0.849. The van der Waals surface area contributed by atoms with Gasteiger partial charge in [-0.1, -0.05) is 29.8 Å². The minimum Gasteiger partial charge on any atom is -0.348 e. The van der Waals surface area contributed by atoms with Gasteiger partial charge in [-0.15, -0.1) is 0 Å². The summed E-state index contributed by atoms with van der Waals surface area (Å²) in [6.45, 7) is 0.265. The second-order valence-corrected chi connectivity index (χ2v) is 3.95. The number of nitrogens with two attached hydrogens (primary N) is 1. The third-order valence-corrected chi connectivity index (χ3v) is 2.60. The summed E-state index contributed by atoms with van der Waals surface area (Å²) >= 11 is 6.02. The van der Waals surface area contributed by atoms with Crippen molar-refractivity contribution < 1.29 is 4.79 Å². The lowest BCUT2D eigenvalue weighted by atomic mass is 9.98. The maximum atomic E-state index is 11.8. The average Bonchev–Trinajstić information content (AvgIpc) is 2.21. The third-order valence-electron chi connectivity index (χ3n) is 2.26. The maximum absolute atomic E-state index is 11.8. The van der Waals surface area contributed by atoms with Crippen LogP contribution in [0.15, 0.2) is 24.3 Å². The molecule has 1 rings (SSSR count). The largest absolute Gasteiger partial charge is 0.348 e. The first-order chi connectivity index (χ1) is 7.07. The van der Waals surface area contributed by atoms with E-state index in [1.54, 1.807) is 20.2 Å². The van der Waals surface area contributed by atoms with Crippen molar-refractivity contribution in [3.8, 4) is 0 Å². The summed E-state index contributed by atoms with van der Waals surface area (Å²) < 4.78 is 0. The Morgan fingerprint density at radius 3 is 2.53 bits per heavy atom. The Hall–Kier alpha value is -1.06. The van der Waals surface area contributed by atoms with Crippen LogP contribution in [0.3, 0.4) is 0 Å². The van der Waals surface area contributed by atoms with Crippen molar-refractivity contribution in [2.75, 3.05) is 20.6 Å². The van der Waals surface area contributed by atoms with Crippen molar-refractivity contribution in [3.63, 3.8) is 0 Å². The Balaban J connectivity index is 3.03. The Morgan fingerprint density at radius 1 is 1.47 bits per heavy atom. The number of amides is 1. The molecule has 0 spiro atoms. The predicted octanol–water partition coefficient (Wildman–Crippen LogP) is 1.47. The summed E-state index contributed by atoms with van der Waals surface area (Å²) in [4.78, 5) is 13.3. The van der Waals surface area contributed by atoms with E-state index in [0.29, 0.717) is 5.02 Å². The van der Waals surface area contributed by atoms with Gasteiger partial charge in [0.1, 0.15) is 0 Å². The minimum absolute atomic E-state index is 0.0226. The Morgan fingerprint density at radius 2 is 2.07 bits per heavy atom. The molecule has 15 heavy (non-hydrogen) atoms. The lowest BCUT2D eigenvalue weighted by Crippen LogP contribution is -2.32. The SMILES string of the molecule is CN(C)C(=O)C(CN)c1ccccc1Cl. The van der Waals surface area contributed by atoms with Gasteiger partial charge in [0.05, 0.1) is 5.92 Å². The summed E-state index contributed by atoms with van der Waals surface area (Å²) in [5.41, 5.74) is 6.40. The maximum Gasteiger partial charge on any atom is 0.230 e. The van der Waals surface area contributed by atoms with E-state index >= 15 is 0 Å².